The first-order chi connectivity index (χ1) is 12.6. The zero-order valence-corrected chi connectivity index (χ0v) is 15.7. The van der Waals surface area contributed by atoms with Crippen LogP contribution >= 0.6 is 35.3 Å². The number of hydrogen-bond acceptors (Lipinski definition) is 8. The van der Waals surface area contributed by atoms with Gasteiger partial charge in [0.25, 0.3) is 0 Å². The van der Waals surface area contributed by atoms with E-state index in [1.54, 1.807) is 15.9 Å². The molecule has 1 aliphatic heterocycles. The quantitative estimate of drug-likeness (QED) is 0.641. The fourth-order valence-electron chi connectivity index (χ4n) is 2.41. The van der Waals surface area contributed by atoms with E-state index in [1.807, 2.05) is 29.6 Å². The number of carbonyl (C=O) groups excluding carboxylic acids is 2. The average Bonchev–Trinajstić information content (AvgIpc) is 3.36. The van der Waals surface area contributed by atoms with Crippen LogP contribution in [0.25, 0.3) is 16.2 Å². The van der Waals surface area contributed by atoms with Crippen molar-refractivity contribution in [3.63, 3.8) is 0 Å². The summed E-state index contributed by atoms with van der Waals surface area (Å²) in [6.45, 7) is 0.0676. The summed E-state index contributed by atoms with van der Waals surface area (Å²) in [6.07, 6.45) is 0. The Labute approximate surface area is 161 Å². The van der Waals surface area contributed by atoms with Crippen molar-refractivity contribution in [3.8, 4) is 10.6 Å². The minimum atomic E-state index is -0.311. The molecule has 4 rings (SSSR count). The molecule has 4 heterocycles. The van der Waals surface area contributed by atoms with E-state index in [4.69, 9.17) is 12.2 Å². The summed E-state index contributed by atoms with van der Waals surface area (Å²) in [4.78, 5) is 26.2. The molecule has 26 heavy (non-hydrogen) atoms. The number of thioether (sulfide) groups is 1. The first-order valence-corrected chi connectivity index (χ1v) is 9.88. The smallest absolute Gasteiger partial charge is 0.240 e. The molecule has 1 saturated heterocycles. The van der Waals surface area contributed by atoms with Crippen molar-refractivity contribution in [3.05, 3.63) is 35.5 Å². The second-order valence-corrected chi connectivity index (χ2v) is 7.95. The minimum absolute atomic E-state index is 0.0880. The largest absolute Gasteiger partial charge is 0.347 e. The van der Waals surface area contributed by atoms with Crippen LogP contribution in [0.1, 0.15) is 5.82 Å². The molecule has 2 amide bonds. The second kappa shape index (κ2) is 7.09. The van der Waals surface area contributed by atoms with Crippen molar-refractivity contribution in [1.29, 1.82) is 0 Å². The van der Waals surface area contributed by atoms with Crippen molar-refractivity contribution in [1.82, 2.24) is 30.0 Å². The van der Waals surface area contributed by atoms with Gasteiger partial charge in [0.15, 0.2) is 11.5 Å². The molecule has 132 valence electrons. The van der Waals surface area contributed by atoms with E-state index < -0.39 is 0 Å². The molecule has 0 radical (unpaired) electrons. The summed E-state index contributed by atoms with van der Waals surface area (Å²) in [5.41, 5.74) is 1.41. The van der Waals surface area contributed by atoms with Gasteiger partial charge >= 0.3 is 0 Å². The molecule has 0 atom stereocenters. The van der Waals surface area contributed by atoms with Crippen LogP contribution in [-0.2, 0) is 16.1 Å². The molecule has 1 aliphatic rings. The molecule has 0 aliphatic carbocycles. The Bertz CT molecular complexity index is 984. The first kappa shape index (κ1) is 17.1. The van der Waals surface area contributed by atoms with Gasteiger partial charge in [0.1, 0.15) is 16.6 Å². The van der Waals surface area contributed by atoms with Crippen LogP contribution in [0.3, 0.4) is 0 Å². The first-order valence-electron chi connectivity index (χ1n) is 7.61. The number of thiophene rings is 1. The lowest BCUT2D eigenvalue weighted by atomic mass is 10.3. The van der Waals surface area contributed by atoms with E-state index in [1.165, 1.54) is 16.7 Å². The molecular formula is C15H12N6O2S3. The SMILES string of the molecule is O=C(CN1C(=O)CSC1=S)NCc1nnc2ccc(-c3cccs3)nn12. The topological polar surface area (TPSA) is 92.5 Å². The third-order valence-electron chi connectivity index (χ3n) is 3.69. The number of thiocarbonyl (C=S) groups is 1. The molecule has 11 heteroatoms. The summed E-state index contributed by atoms with van der Waals surface area (Å²) in [7, 11) is 0. The Morgan fingerprint density at radius 2 is 2.19 bits per heavy atom. The Balaban J connectivity index is 1.47. The summed E-state index contributed by atoms with van der Waals surface area (Å²) in [5, 5.41) is 17.4. The predicted octanol–water partition coefficient (Wildman–Crippen LogP) is 1.33. The van der Waals surface area contributed by atoms with Gasteiger partial charge in [0.2, 0.25) is 11.8 Å². The molecule has 0 aromatic carbocycles. The van der Waals surface area contributed by atoms with Gasteiger partial charge in [-0.05, 0) is 23.6 Å². The molecule has 0 saturated carbocycles. The van der Waals surface area contributed by atoms with Crippen LogP contribution in [0.4, 0.5) is 0 Å². The summed E-state index contributed by atoms with van der Waals surface area (Å²) in [6, 6.07) is 7.66. The molecule has 1 fully saturated rings. The molecular weight excluding hydrogens is 392 g/mol. The standard InChI is InChI=1S/C15H12N6O2S3/c22-13(7-20-14(23)8-26-15(20)24)16-6-12-18-17-11-4-3-9(19-21(11)12)10-2-1-5-25-10/h1-5H,6-8H2,(H,16,22). The van der Waals surface area contributed by atoms with E-state index in [0.717, 1.165) is 10.6 Å². The molecule has 0 bridgehead atoms. The number of rotatable bonds is 5. The third kappa shape index (κ3) is 3.32. The predicted molar refractivity (Wildman–Crippen MR) is 103 cm³/mol. The molecule has 1 N–H and O–H groups in total. The highest BCUT2D eigenvalue weighted by atomic mass is 32.2. The molecule has 8 nitrogen and oxygen atoms in total. The molecule has 3 aromatic rings. The zero-order chi connectivity index (χ0) is 18.1. The number of hydrogen-bond donors (Lipinski definition) is 1. The summed E-state index contributed by atoms with van der Waals surface area (Å²) < 4.78 is 2.04. The van der Waals surface area contributed by atoms with E-state index in [2.05, 4.69) is 20.6 Å². The number of carbonyl (C=O) groups is 2. The van der Waals surface area contributed by atoms with Crippen LogP contribution in [0.2, 0.25) is 0 Å². The van der Waals surface area contributed by atoms with Crippen molar-refractivity contribution in [2.75, 3.05) is 12.3 Å². The Hall–Kier alpha value is -2.37. The van der Waals surface area contributed by atoms with Crippen LogP contribution in [-0.4, -0.2) is 53.1 Å². The van der Waals surface area contributed by atoms with Crippen molar-refractivity contribution < 1.29 is 9.59 Å². The van der Waals surface area contributed by atoms with Gasteiger partial charge in [-0.25, -0.2) is 0 Å². The number of aromatic nitrogens is 4. The number of fused-ring (bicyclic) bond motifs is 1. The van der Waals surface area contributed by atoms with Gasteiger partial charge in [-0.15, -0.1) is 21.5 Å². The van der Waals surface area contributed by atoms with E-state index >= 15 is 0 Å². The number of nitrogens with one attached hydrogen (secondary N) is 1. The maximum absolute atomic E-state index is 12.1. The zero-order valence-electron chi connectivity index (χ0n) is 13.3. The summed E-state index contributed by atoms with van der Waals surface area (Å²) >= 11 is 7.93. The maximum atomic E-state index is 12.1. The molecule has 0 spiro atoms. The normalized spacial score (nSPS) is 14.4. The van der Waals surface area contributed by atoms with Crippen molar-refractivity contribution >= 4 is 57.1 Å². The lowest BCUT2D eigenvalue weighted by Crippen LogP contribution is -2.39. The number of amides is 2. The number of nitrogens with zero attached hydrogens (tertiary/aromatic N) is 5. The van der Waals surface area contributed by atoms with E-state index in [9.17, 15) is 9.59 Å². The second-order valence-electron chi connectivity index (χ2n) is 5.39. The van der Waals surface area contributed by atoms with Crippen molar-refractivity contribution in [2.45, 2.75) is 6.54 Å². The van der Waals surface area contributed by atoms with E-state index in [0.29, 0.717) is 15.8 Å². The Kier molecular flexibility index (Phi) is 4.66. The van der Waals surface area contributed by atoms with Gasteiger partial charge in [-0.1, -0.05) is 30.0 Å². The van der Waals surface area contributed by atoms with Crippen LogP contribution in [0.5, 0.6) is 0 Å². The Morgan fingerprint density at radius 1 is 1.31 bits per heavy atom. The highest BCUT2D eigenvalue weighted by Crippen LogP contribution is 2.22. The minimum Gasteiger partial charge on any atom is -0.347 e. The van der Waals surface area contributed by atoms with Gasteiger partial charge in [-0.3, -0.25) is 14.5 Å². The van der Waals surface area contributed by atoms with Crippen LogP contribution in [0, 0.1) is 0 Å². The highest BCUT2D eigenvalue weighted by molar-refractivity contribution is 8.23. The highest BCUT2D eigenvalue weighted by Gasteiger charge is 2.28. The molecule has 3 aromatic heterocycles. The Morgan fingerprint density at radius 3 is 2.92 bits per heavy atom. The lowest BCUT2D eigenvalue weighted by molar-refractivity contribution is -0.129. The van der Waals surface area contributed by atoms with E-state index in [-0.39, 0.29) is 30.7 Å². The van der Waals surface area contributed by atoms with Crippen LogP contribution in [0.15, 0.2) is 29.6 Å². The maximum Gasteiger partial charge on any atom is 0.240 e. The summed E-state index contributed by atoms with van der Waals surface area (Å²) in [5.74, 6) is 0.340. The van der Waals surface area contributed by atoms with Crippen molar-refractivity contribution in [2.24, 2.45) is 0 Å². The van der Waals surface area contributed by atoms with Gasteiger partial charge in [0.05, 0.1) is 17.2 Å². The third-order valence-corrected chi connectivity index (χ3v) is 6.01. The molecule has 0 unspecified atom stereocenters. The van der Waals surface area contributed by atoms with Gasteiger partial charge in [-0.2, -0.15) is 9.61 Å². The van der Waals surface area contributed by atoms with Crippen LogP contribution < -0.4 is 5.32 Å². The lowest BCUT2D eigenvalue weighted by Gasteiger charge is -2.14. The van der Waals surface area contributed by atoms with Gasteiger partial charge in [0, 0.05) is 0 Å². The fourth-order valence-corrected chi connectivity index (χ4v) is 4.17. The van der Waals surface area contributed by atoms with Gasteiger partial charge < -0.3 is 5.32 Å². The average molecular weight is 405 g/mol. The monoisotopic (exact) mass is 404 g/mol. The fraction of sp³-hybridized carbons (Fsp3) is 0.200.